The van der Waals surface area contributed by atoms with Crippen LogP contribution in [-0.4, -0.2) is 44.8 Å². The van der Waals surface area contributed by atoms with E-state index in [1.165, 1.54) is 17.8 Å². The minimum absolute atomic E-state index is 0.0783. The summed E-state index contributed by atoms with van der Waals surface area (Å²) in [5.74, 6) is -1.03. The van der Waals surface area contributed by atoms with Gasteiger partial charge in [0, 0.05) is 30.4 Å². The van der Waals surface area contributed by atoms with Crippen molar-refractivity contribution in [2.75, 3.05) is 4.90 Å². The molecule has 0 aliphatic carbocycles. The topological polar surface area (TPSA) is 114 Å². The summed E-state index contributed by atoms with van der Waals surface area (Å²) >= 11 is 0. The van der Waals surface area contributed by atoms with E-state index in [9.17, 15) is 14.4 Å². The molecule has 2 aromatic rings. The quantitative estimate of drug-likeness (QED) is 0.778. The summed E-state index contributed by atoms with van der Waals surface area (Å²) in [5, 5.41) is 11.9. The second-order valence-corrected chi connectivity index (χ2v) is 7.72. The lowest BCUT2D eigenvalue weighted by Gasteiger charge is -2.39. The van der Waals surface area contributed by atoms with Gasteiger partial charge in [0.1, 0.15) is 6.54 Å². The highest BCUT2D eigenvalue weighted by atomic mass is 16.6. The highest BCUT2D eigenvalue weighted by Crippen LogP contribution is 2.39. The van der Waals surface area contributed by atoms with Crippen LogP contribution < -0.4 is 10.2 Å². The Morgan fingerprint density at radius 3 is 2.70 bits per heavy atom. The predicted octanol–water partition coefficient (Wildman–Crippen LogP) is 2.96. The Morgan fingerprint density at radius 2 is 2.07 bits per heavy atom. The Bertz CT molecular complexity index is 968. The molecule has 0 bridgehead atoms. The highest BCUT2D eigenvalue weighted by molar-refractivity contribution is 5.94. The van der Waals surface area contributed by atoms with Gasteiger partial charge in [-0.3, -0.25) is 9.59 Å². The summed E-state index contributed by atoms with van der Waals surface area (Å²) in [6.07, 6.45) is 2.89. The number of carboxylic acid groups (broad SMARTS) is 1. The van der Waals surface area contributed by atoms with Crippen LogP contribution in [0.15, 0.2) is 30.7 Å². The third-order valence-electron chi connectivity index (χ3n) is 4.90. The zero-order chi connectivity index (χ0) is 22.0. The van der Waals surface area contributed by atoms with Crippen molar-refractivity contribution < 1.29 is 24.2 Å². The van der Waals surface area contributed by atoms with Crippen LogP contribution in [-0.2, 0) is 20.9 Å². The first-order valence-electron chi connectivity index (χ1n) is 9.80. The maximum absolute atomic E-state index is 12.2. The van der Waals surface area contributed by atoms with Gasteiger partial charge in [0.05, 0.1) is 24.2 Å². The van der Waals surface area contributed by atoms with E-state index in [-0.39, 0.29) is 30.6 Å². The van der Waals surface area contributed by atoms with Crippen molar-refractivity contribution >= 4 is 23.7 Å². The Labute approximate surface area is 174 Å². The molecule has 9 nitrogen and oxygen atoms in total. The van der Waals surface area contributed by atoms with Gasteiger partial charge in [-0.15, -0.1) is 0 Å². The van der Waals surface area contributed by atoms with Crippen molar-refractivity contribution in [2.45, 2.75) is 58.8 Å². The lowest BCUT2D eigenvalue weighted by molar-refractivity contribution is -0.137. The van der Waals surface area contributed by atoms with E-state index in [1.807, 2.05) is 25.1 Å². The van der Waals surface area contributed by atoms with Crippen molar-refractivity contribution in [3.63, 3.8) is 0 Å². The first-order valence-corrected chi connectivity index (χ1v) is 9.80. The number of ether oxygens (including phenoxy) is 1. The number of nitrogens with one attached hydrogen (secondary N) is 1. The van der Waals surface area contributed by atoms with Gasteiger partial charge in [-0.25, -0.2) is 9.78 Å². The molecule has 2 heterocycles. The molecular weight excluding hydrogens is 388 g/mol. The van der Waals surface area contributed by atoms with Crippen molar-refractivity contribution in [1.82, 2.24) is 14.9 Å². The fourth-order valence-electron chi connectivity index (χ4n) is 3.78. The van der Waals surface area contributed by atoms with Crippen LogP contribution in [0.25, 0.3) is 11.3 Å². The molecule has 1 aromatic carbocycles. The van der Waals surface area contributed by atoms with Crippen LogP contribution in [0.2, 0.25) is 0 Å². The number of rotatable bonds is 5. The zero-order valence-corrected chi connectivity index (χ0v) is 17.5. The number of benzene rings is 1. The van der Waals surface area contributed by atoms with Gasteiger partial charge in [0.25, 0.3) is 0 Å². The van der Waals surface area contributed by atoms with Crippen molar-refractivity contribution in [3.05, 3.63) is 36.3 Å². The van der Waals surface area contributed by atoms with Gasteiger partial charge in [-0.05, 0) is 44.9 Å². The molecule has 160 valence electrons. The molecular formula is C21H26N4O5. The average molecular weight is 414 g/mol. The molecule has 2 amide bonds. The molecule has 0 unspecified atom stereocenters. The summed E-state index contributed by atoms with van der Waals surface area (Å²) in [4.78, 5) is 41.4. The number of nitrogens with zero attached hydrogens (tertiary/aromatic N) is 3. The molecule has 0 fully saturated rings. The summed E-state index contributed by atoms with van der Waals surface area (Å²) in [6.45, 7) is 6.83. The number of alkyl carbamates (subject to hydrolysis) is 1. The van der Waals surface area contributed by atoms with Gasteiger partial charge < -0.3 is 24.6 Å². The Balaban J connectivity index is 1.98. The van der Waals surface area contributed by atoms with E-state index in [4.69, 9.17) is 9.84 Å². The number of carbonyl (C=O) groups is 3. The fourth-order valence-corrected chi connectivity index (χ4v) is 3.78. The van der Waals surface area contributed by atoms with Crippen LogP contribution in [0.1, 0.15) is 45.7 Å². The third kappa shape index (κ3) is 4.61. The second-order valence-electron chi connectivity index (χ2n) is 7.72. The maximum atomic E-state index is 12.2. The number of fused-ring (bicyclic) bond motifs is 1. The molecule has 1 aromatic heterocycles. The number of aromatic nitrogens is 2. The van der Waals surface area contributed by atoms with Crippen LogP contribution in [0.4, 0.5) is 10.5 Å². The molecule has 3 rings (SSSR count). The minimum Gasteiger partial charge on any atom is -0.480 e. The molecule has 30 heavy (non-hydrogen) atoms. The van der Waals surface area contributed by atoms with E-state index in [0.29, 0.717) is 12.1 Å². The lowest BCUT2D eigenvalue weighted by atomic mass is 9.90. The van der Waals surface area contributed by atoms with E-state index in [1.54, 1.807) is 24.9 Å². The summed E-state index contributed by atoms with van der Waals surface area (Å²) in [6, 6.07) is 5.12. The fraction of sp³-hybridized carbons (Fsp3) is 0.429. The number of imidazole rings is 1. The van der Waals surface area contributed by atoms with E-state index in [2.05, 4.69) is 10.3 Å². The van der Waals surface area contributed by atoms with Crippen LogP contribution in [0, 0.1) is 0 Å². The number of hydrogen-bond acceptors (Lipinski definition) is 5. The van der Waals surface area contributed by atoms with E-state index in [0.717, 1.165) is 16.8 Å². The van der Waals surface area contributed by atoms with Gasteiger partial charge in [-0.1, -0.05) is 6.07 Å². The molecule has 1 aliphatic rings. The van der Waals surface area contributed by atoms with Gasteiger partial charge in [0.2, 0.25) is 5.91 Å². The summed E-state index contributed by atoms with van der Waals surface area (Å²) < 4.78 is 6.71. The minimum atomic E-state index is -0.955. The molecule has 1 aliphatic heterocycles. The number of amides is 2. The summed E-state index contributed by atoms with van der Waals surface area (Å²) in [7, 11) is 0. The standard InChI is InChI=1S/C21H26N4O5/c1-12(2)30-21(29)23-17-7-13(3)25(14(4)26)19-6-5-15(8-16(17)19)18-9-24(11-22-18)10-20(27)28/h5-6,8-9,11-13,17H,7,10H2,1-4H3,(H,23,29)(H,27,28)/t13-,17+/m0/s1. The van der Waals surface area contributed by atoms with Crippen molar-refractivity contribution in [1.29, 1.82) is 0 Å². The average Bonchev–Trinajstić information content (AvgIpc) is 3.08. The largest absolute Gasteiger partial charge is 0.480 e. The highest BCUT2D eigenvalue weighted by Gasteiger charge is 2.34. The Hall–Kier alpha value is -3.36. The SMILES string of the molecule is CC(=O)N1c2ccc(-c3cn(CC(=O)O)cn3)cc2[C@H](NC(=O)OC(C)C)C[C@@H]1C. The molecule has 2 N–H and O–H groups in total. The molecule has 2 atom stereocenters. The number of carboxylic acids is 1. The first-order chi connectivity index (χ1) is 14.2. The van der Waals surface area contributed by atoms with Crippen molar-refractivity contribution in [3.8, 4) is 11.3 Å². The number of anilines is 1. The van der Waals surface area contributed by atoms with Crippen molar-refractivity contribution in [2.24, 2.45) is 0 Å². The molecule has 0 saturated carbocycles. The number of carbonyl (C=O) groups excluding carboxylic acids is 2. The molecule has 9 heteroatoms. The van der Waals surface area contributed by atoms with E-state index >= 15 is 0 Å². The Kier molecular flexibility index (Phi) is 6.09. The summed E-state index contributed by atoms with van der Waals surface area (Å²) in [5.41, 5.74) is 2.88. The van der Waals surface area contributed by atoms with E-state index < -0.39 is 12.1 Å². The van der Waals surface area contributed by atoms with Crippen LogP contribution >= 0.6 is 0 Å². The molecule has 0 saturated heterocycles. The zero-order valence-electron chi connectivity index (χ0n) is 17.5. The number of aliphatic carboxylic acids is 1. The number of hydrogen-bond donors (Lipinski definition) is 2. The lowest BCUT2D eigenvalue weighted by Crippen LogP contribution is -2.45. The second kappa shape index (κ2) is 8.56. The Morgan fingerprint density at radius 1 is 1.33 bits per heavy atom. The maximum Gasteiger partial charge on any atom is 0.407 e. The smallest absolute Gasteiger partial charge is 0.407 e. The van der Waals surface area contributed by atoms with Gasteiger partial charge >= 0.3 is 12.1 Å². The third-order valence-corrected chi connectivity index (χ3v) is 4.90. The normalized spacial score (nSPS) is 18.1. The monoisotopic (exact) mass is 414 g/mol. The van der Waals surface area contributed by atoms with Gasteiger partial charge in [-0.2, -0.15) is 0 Å². The molecule has 0 radical (unpaired) electrons. The van der Waals surface area contributed by atoms with Gasteiger partial charge in [0.15, 0.2) is 0 Å². The first kappa shape index (κ1) is 21.4. The predicted molar refractivity (Wildman–Crippen MR) is 110 cm³/mol. The van der Waals surface area contributed by atoms with Crippen LogP contribution in [0.3, 0.4) is 0 Å². The van der Waals surface area contributed by atoms with Crippen LogP contribution in [0.5, 0.6) is 0 Å². The molecule has 0 spiro atoms.